The molecular weight excluding hydrogens is 287 g/mol. The van der Waals surface area contributed by atoms with Gasteiger partial charge in [-0.25, -0.2) is 4.39 Å². The van der Waals surface area contributed by atoms with Gasteiger partial charge in [0.1, 0.15) is 5.82 Å². The summed E-state index contributed by atoms with van der Waals surface area (Å²) in [4.78, 5) is 23.2. The summed E-state index contributed by atoms with van der Waals surface area (Å²) >= 11 is 5.51. The van der Waals surface area contributed by atoms with Crippen LogP contribution in [0.1, 0.15) is 13.8 Å². The van der Waals surface area contributed by atoms with Crippen LogP contribution in [0.15, 0.2) is 18.2 Å². The molecule has 5 nitrogen and oxygen atoms in total. The molecule has 0 bridgehead atoms. The van der Waals surface area contributed by atoms with Crippen molar-refractivity contribution in [2.45, 2.75) is 19.9 Å². The highest BCUT2D eigenvalue weighted by molar-refractivity contribution is 6.39. The van der Waals surface area contributed by atoms with Gasteiger partial charge in [-0.3, -0.25) is 9.59 Å². The lowest BCUT2D eigenvalue weighted by Gasteiger charge is -2.18. The molecule has 110 valence electrons. The Balaban J connectivity index is 2.62. The smallest absolute Gasteiger partial charge is 0.313 e. The highest BCUT2D eigenvalue weighted by Gasteiger charge is 2.19. The van der Waals surface area contributed by atoms with E-state index in [0.717, 1.165) is 6.07 Å². The summed E-state index contributed by atoms with van der Waals surface area (Å²) in [5, 5.41) is 13.6. The van der Waals surface area contributed by atoms with Crippen molar-refractivity contribution in [2.24, 2.45) is 5.92 Å². The summed E-state index contributed by atoms with van der Waals surface area (Å²) in [6, 6.07) is 3.32. The Bertz CT molecular complexity index is 510. The second-order valence-corrected chi connectivity index (χ2v) is 4.91. The van der Waals surface area contributed by atoms with Gasteiger partial charge in [-0.15, -0.1) is 0 Å². The number of hydrogen-bond acceptors (Lipinski definition) is 3. The van der Waals surface area contributed by atoms with E-state index < -0.39 is 17.6 Å². The Morgan fingerprint density at radius 3 is 2.55 bits per heavy atom. The van der Waals surface area contributed by atoms with Gasteiger partial charge in [0.25, 0.3) is 0 Å². The molecule has 0 heterocycles. The molecule has 7 heteroatoms. The van der Waals surface area contributed by atoms with Crippen molar-refractivity contribution in [3.05, 3.63) is 29.0 Å². The first-order valence-corrected chi connectivity index (χ1v) is 6.40. The van der Waals surface area contributed by atoms with E-state index in [2.05, 4.69) is 10.6 Å². The van der Waals surface area contributed by atoms with Gasteiger partial charge in [0.2, 0.25) is 0 Å². The Morgan fingerprint density at radius 1 is 1.35 bits per heavy atom. The summed E-state index contributed by atoms with van der Waals surface area (Å²) in [7, 11) is 0. The number of hydrogen-bond donors (Lipinski definition) is 3. The van der Waals surface area contributed by atoms with Crippen LogP contribution in [-0.4, -0.2) is 29.6 Å². The van der Waals surface area contributed by atoms with E-state index in [9.17, 15) is 14.0 Å². The number of anilines is 1. The van der Waals surface area contributed by atoms with Crippen molar-refractivity contribution in [3.8, 4) is 0 Å². The van der Waals surface area contributed by atoms with E-state index in [-0.39, 0.29) is 29.3 Å². The summed E-state index contributed by atoms with van der Waals surface area (Å²) in [5.74, 6) is -2.64. The van der Waals surface area contributed by atoms with Crippen LogP contribution in [-0.2, 0) is 9.59 Å². The molecule has 0 aromatic heterocycles. The zero-order valence-corrected chi connectivity index (χ0v) is 11.9. The van der Waals surface area contributed by atoms with Crippen LogP contribution in [0.4, 0.5) is 10.1 Å². The molecule has 0 saturated heterocycles. The number of rotatable bonds is 4. The van der Waals surface area contributed by atoms with Crippen LogP contribution >= 0.6 is 11.6 Å². The summed E-state index contributed by atoms with van der Waals surface area (Å²) < 4.78 is 13.2. The molecule has 2 atom stereocenters. The number of halogens is 2. The molecule has 1 aromatic rings. The highest BCUT2D eigenvalue weighted by atomic mass is 35.5. The fourth-order valence-electron chi connectivity index (χ4n) is 1.33. The monoisotopic (exact) mass is 302 g/mol. The summed E-state index contributed by atoms with van der Waals surface area (Å²) in [6.07, 6.45) is 0. The lowest BCUT2D eigenvalue weighted by Crippen LogP contribution is -2.44. The minimum atomic E-state index is -0.913. The fraction of sp³-hybridized carbons (Fsp3) is 0.385. The van der Waals surface area contributed by atoms with E-state index in [1.807, 2.05) is 0 Å². The van der Waals surface area contributed by atoms with E-state index in [1.54, 1.807) is 13.8 Å². The van der Waals surface area contributed by atoms with Crippen molar-refractivity contribution >= 4 is 29.1 Å². The maximum absolute atomic E-state index is 13.2. The Labute approximate surface area is 121 Å². The number of aliphatic hydroxyl groups excluding tert-OH is 1. The number of benzene rings is 1. The van der Waals surface area contributed by atoms with Crippen LogP contribution in [0.3, 0.4) is 0 Å². The topological polar surface area (TPSA) is 78.4 Å². The lowest BCUT2D eigenvalue weighted by molar-refractivity contribution is -0.136. The first-order valence-electron chi connectivity index (χ1n) is 6.03. The second kappa shape index (κ2) is 7.21. The van der Waals surface area contributed by atoms with Crippen molar-refractivity contribution in [3.63, 3.8) is 0 Å². The van der Waals surface area contributed by atoms with Crippen LogP contribution in [0, 0.1) is 11.7 Å². The van der Waals surface area contributed by atoms with Crippen LogP contribution < -0.4 is 10.6 Å². The predicted molar refractivity (Wildman–Crippen MR) is 73.9 cm³/mol. The van der Waals surface area contributed by atoms with Gasteiger partial charge in [-0.05, 0) is 31.0 Å². The number of nitrogens with one attached hydrogen (secondary N) is 2. The Morgan fingerprint density at radius 2 is 2.00 bits per heavy atom. The number of aliphatic hydroxyl groups is 1. The van der Waals surface area contributed by atoms with Crippen LogP contribution in [0.5, 0.6) is 0 Å². The molecule has 2 unspecified atom stereocenters. The number of carbonyl (C=O) groups excluding carboxylic acids is 2. The molecule has 1 aromatic carbocycles. The molecule has 0 aliphatic rings. The molecule has 20 heavy (non-hydrogen) atoms. The summed E-state index contributed by atoms with van der Waals surface area (Å²) in [5.41, 5.74) is 0.134. The van der Waals surface area contributed by atoms with Crippen molar-refractivity contribution in [1.82, 2.24) is 5.32 Å². The maximum Gasteiger partial charge on any atom is 0.313 e. The van der Waals surface area contributed by atoms with Crippen LogP contribution in [0.25, 0.3) is 0 Å². The zero-order valence-electron chi connectivity index (χ0n) is 11.1. The van der Waals surface area contributed by atoms with Gasteiger partial charge < -0.3 is 15.7 Å². The second-order valence-electron chi connectivity index (χ2n) is 4.51. The third kappa shape index (κ3) is 4.47. The van der Waals surface area contributed by atoms with Gasteiger partial charge >= 0.3 is 11.8 Å². The Kier molecular flexibility index (Phi) is 5.91. The first kappa shape index (κ1) is 16.4. The molecule has 0 fully saturated rings. The number of carbonyl (C=O) groups is 2. The van der Waals surface area contributed by atoms with Crippen molar-refractivity contribution in [1.29, 1.82) is 0 Å². The van der Waals surface area contributed by atoms with E-state index >= 15 is 0 Å². The average Bonchev–Trinajstić information content (AvgIpc) is 2.41. The van der Waals surface area contributed by atoms with Gasteiger partial charge in [0, 0.05) is 18.3 Å². The third-order valence-electron chi connectivity index (χ3n) is 2.88. The third-order valence-corrected chi connectivity index (χ3v) is 3.19. The zero-order chi connectivity index (χ0) is 15.3. The molecular formula is C13H16ClFN2O3. The maximum atomic E-state index is 13.2. The summed E-state index contributed by atoms with van der Waals surface area (Å²) in [6.45, 7) is 3.30. The SMILES string of the molecule is CC(CO)C(C)NC(=O)C(=O)Nc1ccc(Cl)c(F)c1. The van der Waals surface area contributed by atoms with Gasteiger partial charge in [-0.2, -0.15) is 0 Å². The predicted octanol–water partition coefficient (Wildman–Crippen LogP) is 1.55. The molecule has 3 N–H and O–H groups in total. The molecule has 1 rings (SSSR count). The van der Waals surface area contributed by atoms with Crippen molar-refractivity contribution < 1.29 is 19.1 Å². The quantitative estimate of drug-likeness (QED) is 0.738. The lowest BCUT2D eigenvalue weighted by atomic mass is 10.1. The minimum Gasteiger partial charge on any atom is -0.396 e. The highest BCUT2D eigenvalue weighted by Crippen LogP contribution is 2.18. The van der Waals surface area contributed by atoms with E-state index in [0.29, 0.717) is 0 Å². The molecule has 0 spiro atoms. The number of amides is 2. The van der Waals surface area contributed by atoms with Gasteiger partial charge in [0.15, 0.2) is 0 Å². The molecule has 0 radical (unpaired) electrons. The Hall–Kier alpha value is -1.66. The minimum absolute atomic E-state index is 0.0714. The van der Waals surface area contributed by atoms with Gasteiger partial charge in [-0.1, -0.05) is 18.5 Å². The normalized spacial score (nSPS) is 13.4. The molecule has 2 amide bonds. The van der Waals surface area contributed by atoms with E-state index in [1.165, 1.54) is 12.1 Å². The molecule has 0 aliphatic carbocycles. The average molecular weight is 303 g/mol. The fourth-order valence-corrected chi connectivity index (χ4v) is 1.45. The van der Waals surface area contributed by atoms with Crippen LogP contribution in [0.2, 0.25) is 5.02 Å². The van der Waals surface area contributed by atoms with Gasteiger partial charge in [0.05, 0.1) is 5.02 Å². The largest absolute Gasteiger partial charge is 0.396 e. The van der Waals surface area contributed by atoms with E-state index in [4.69, 9.17) is 16.7 Å². The van der Waals surface area contributed by atoms with Crippen molar-refractivity contribution in [2.75, 3.05) is 11.9 Å². The molecule has 0 saturated carbocycles. The first-order chi connectivity index (χ1) is 9.35. The standard InChI is InChI=1S/C13H16ClFN2O3/c1-7(6-18)8(2)16-12(19)13(20)17-9-3-4-10(14)11(15)5-9/h3-5,7-8,18H,6H2,1-2H3,(H,16,19)(H,17,20). The molecule has 0 aliphatic heterocycles.